The van der Waals surface area contributed by atoms with Gasteiger partial charge in [-0.25, -0.2) is 0 Å². The number of rotatable bonds is 6. The molecule has 148 valence electrons. The minimum Gasteiger partial charge on any atom is -0.481 e. The van der Waals surface area contributed by atoms with Crippen molar-refractivity contribution in [1.82, 2.24) is 5.32 Å². The van der Waals surface area contributed by atoms with E-state index < -0.39 is 6.10 Å². The Kier molecular flexibility index (Phi) is 6.93. The van der Waals surface area contributed by atoms with Crippen LogP contribution in [0.5, 0.6) is 5.75 Å². The van der Waals surface area contributed by atoms with Crippen LogP contribution in [-0.4, -0.2) is 24.0 Å². The summed E-state index contributed by atoms with van der Waals surface area (Å²) in [6.45, 7) is 1.66. The Labute approximate surface area is 170 Å². The summed E-state index contributed by atoms with van der Waals surface area (Å²) in [5.41, 5.74) is 1.13. The molecule has 1 aliphatic carbocycles. The smallest absolute Gasteiger partial charge is 0.265 e. The Morgan fingerprint density at radius 1 is 1.04 bits per heavy atom. The quantitative estimate of drug-likeness (QED) is 0.731. The van der Waals surface area contributed by atoms with Crippen molar-refractivity contribution in [2.24, 2.45) is 0 Å². The minimum atomic E-state index is -0.710. The first-order valence-electron chi connectivity index (χ1n) is 9.66. The summed E-state index contributed by atoms with van der Waals surface area (Å²) in [6, 6.07) is 14.1. The van der Waals surface area contributed by atoms with Crippen LogP contribution in [0, 0.1) is 0 Å². The summed E-state index contributed by atoms with van der Waals surface area (Å²) >= 11 is 6.06. The summed E-state index contributed by atoms with van der Waals surface area (Å²) in [7, 11) is 0. The molecule has 0 heterocycles. The maximum absolute atomic E-state index is 12.4. The number of carbonyl (C=O) groups is 2. The van der Waals surface area contributed by atoms with Gasteiger partial charge >= 0.3 is 0 Å². The Hall–Kier alpha value is -2.53. The third kappa shape index (κ3) is 5.49. The van der Waals surface area contributed by atoms with Crippen LogP contribution in [0.1, 0.15) is 49.4 Å². The Balaban J connectivity index is 1.53. The zero-order chi connectivity index (χ0) is 19.9. The molecule has 6 heteroatoms. The predicted molar refractivity (Wildman–Crippen MR) is 111 cm³/mol. The Morgan fingerprint density at radius 2 is 1.71 bits per heavy atom. The van der Waals surface area contributed by atoms with Gasteiger partial charge in [-0.1, -0.05) is 43.0 Å². The summed E-state index contributed by atoms with van der Waals surface area (Å²) in [5.74, 6) is 0.159. The predicted octanol–water partition coefficient (Wildman–Crippen LogP) is 4.81. The molecular weight excluding hydrogens is 376 g/mol. The lowest BCUT2D eigenvalue weighted by Gasteiger charge is -2.22. The van der Waals surface area contributed by atoms with Gasteiger partial charge in [-0.3, -0.25) is 9.59 Å². The molecule has 2 aromatic carbocycles. The lowest BCUT2D eigenvalue weighted by molar-refractivity contribution is -0.122. The van der Waals surface area contributed by atoms with Crippen molar-refractivity contribution < 1.29 is 14.3 Å². The molecule has 0 saturated heterocycles. The number of hydrogen-bond donors (Lipinski definition) is 2. The van der Waals surface area contributed by atoms with Gasteiger partial charge in [0, 0.05) is 11.6 Å². The topological polar surface area (TPSA) is 67.4 Å². The van der Waals surface area contributed by atoms with Gasteiger partial charge < -0.3 is 15.4 Å². The van der Waals surface area contributed by atoms with Crippen molar-refractivity contribution in [2.75, 3.05) is 5.32 Å². The molecule has 1 atom stereocenters. The average Bonchev–Trinajstić information content (AvgIpc) is 2.71. The van der Waals surface area contributed by atoms with E-state index in [0.29, 0.717) is 22.0 Å². The summed E-state index contributed by atoms with van der Waals surface area (Å²) in [4.78, 5) is 24.7. The number of anilines is 1. The zero-order valence-corrected chi connectivity index (χ0v) is 16.7. The first-order chi connectivity index (χ1) is 13.5. The molecule has 0 unspecified atom stereocenters. The van der Waals surface area contributed by atoms with Crippen molar-refractivity contribution in [3.8, 4) is 5.75 Å². The van der Waals surface area contributed by atoms with E-state index in [2.05, 4.69) is 10.6 Å². The summed E-state index contributed by atoms with van der Waals surface area (Å²) in [5, 5.41) is 6.30. The van der Waals surface area contributed by atoms with E-state index in [-0.39, 0.29) is 17.9 Å². The maximum atomic E-state index is 12.4. The minimum absolute atomic E-state index is 0.0667. The van der Waals surface area contributed by atoms with Gasteiger partial charge in [-0.15, -0.1) is 0 Å². The molecule has 1 saturated carbocycles. The second-order valence-corrected chi connectivity index (χ2v) is 7.47. The molecule has 2 aromatic rings. The van der Waals surface area contributed by atoms with Gasteiger partial charge in [0.1, 0.15) is 5.75 Å². The van der Waals surface area contributed by atoms with E-state index in [4.69, 9.17) is 16.3 Å². The molecule has 1 aliphatic rings. The van der Waals surface area contributed by atoms with Crippen molar-refractivity contribution in [3.63, 3.8) is 0 Å². The van der Waals surface area contributed by atoms with Crippen molar-refractivity contribution >= 4 is 29.1 Å². The van der Waals surface area contributed by atoms with E-state index >= 15 is 0 Å². The maximum Gasteiger partial charge on any atom is 0.265 e. The van der Waals surface area contributed by atoms with Gasteiger partial charge in [0.2, 0.25) is 0 Å². The highest BCUT2D eigenvalue weighted by molar-refractivity contribution is 6.33. The molecule has 0 spiro atoms. The molecular formula is C22H25ClN2O3. The van der Waals surface area contributed by atoms with E-state index in [1.807, 2.05) is 0 Å². The Bertz CT molecular complexity index is 817. The van der Waals surface area contributed by atoms with E-state index in [0.717, 1.165) is 12.8 Å². The first kappa shape index (κ1) is 20.2. The normalized spacial score (nSPS) is 15.5. The molecule has 0 bridgehead atoms. The highest BCUT2D eigenvalue weighted by Crippen LogP contribution is 2.22. The second-order valence-electron chi connectivity index (χ2n) is 7.06. The Morgan fingerprint density at radius 3 is 2.39 bits per heavy atom. The highest BCUT2D eigenvalue weighted by atomic mass is 35.5. The number of carbonyl (C=O) groups excluding carboxylic acids is 2. The summed E-state index contributed by atoms with van der Waals surface area (Å²) in [6.07, 6.45) is 4.98. The van der Waals surface area contributed by atoms with Crippen LogP contribution in [0.15, 0.2) is 48.5 Å². The summed E-state index contributed by atoms with van der Waals surface area (Å²) < 4.78 is 5.69. The molecule has 2 N–H and O–H groups in total. The molecule has 1 fully saturated rings. The van der Waals surface area contributed by atoms with Gasteiger partial charge in [0.25, 0.3) is 11.8 Å². The van der Waals surface area contributed by atoms with Gasteiger partial charge in [-0.2, -0.15) is 0 Å². The van der Waals surface area contributed by atoms with E-state index in [9.17, 15) is 9.59 Å². The first-order valence-corrected chi connectivity index (χ1v) is 10.0. The highest BCUT2D eigenvalue weighted by Gasteiger charge is 2.18. The average molecular weight is 401 g/mol. The third-order valence-electron chi connectivity index (χ3n) is 4.87. The van der Waals surface area contributed by atoms with Crippen LogP contribution in [0.3, 0.4) is 0 Å². The zero-order valence-electron chi connectivity index (χ0n) is 15.9. The van der Waals surface area contributed by atoms with Crippen LogP contribution in [0.25, 0.3) is 0 Å². The molecule has 0 radical (unpaired) electrons. The standard InChI is InChI=1S/C22H25ClN2O3/c1-15(21(26)25-20-10-6-5-9-19(20)23)28-18-13-11-16(12-14-18)22(27)24-17-7-3-2-4-8-17/h5-6,9-15,17H,2-4,7-8H2,1H3,(H,24,27)(H,25,26)/t15-/m1/s1. The van der Waals surface area contributed by atoms with Crippen LogP contribution in [-0.2, 0) is 4.79 Å². The fraction of sp³-hybridized carbons (Fsp3) is 0.364. The van der Waals surface area contributed by atoms with Crippen LogP contribution >= 0.6 is 11.6 Å². The molecule has 0 aliphatic heterocycles. The number of para-hydroxylation sites is 1. The van der Waals surface area contributed by atoms with Crippen molar-refractivity contribution in [1.29, 1.82) is 0 Å². The SMILES string of the molecule is C[C@@H](Oc1ccc(C(=O)NC2CCCCC2)cc1)C(=O)Nc1ccccc1Cl. The van der Waals surface area contributed by atoms with E-state index in [1.54, 1.807) is 55.5 Å². The largest absolute Gasteiger partial charge is 0.481 e. The van der Waals surface area contributed by atoms with Gasteiger partial charge in [0.05, 0.1) is 10.7 Å². The third-order valence-corrected chi connectivity index (χ3v) is 5.20. The van der Waals surface area contributed by atoms with Gasteiger partial charge in [0.15, 0.2) is 6.10 Å². The monoisotopic (exact) mass is 400 g/mol. The van der Waals surface area contributed by atoms with Crippen LogP contribution in [0.2, 0.25) is 5.02 Å². The number of halogens is 1. The molecule has 28 heavy (non-hydrogen) atoms. The number of hydrogen-bond acceptors (Lipinski definition) is 3. The lowest BCUT2D eigenvalue weighted by Crippen LogP contribution is -2.36. The number of amides is 2. The fourth-order valence-electron chi connectivity index (χ4n) is 3.26. The molecule has 2 amide bonds. The van der Waals surface area contributed by atoms with Crippen LogP contribution < -0.4 is 15.4 Å². The fourth-order valence-corrected chi connectivity index (χ4v) is 3.44. The number of ether oxygens (including phenoxy) is 1. The number of nitrogens with one attached hydrogen (secondary N) is 2. The number of benzene rings is 2. The van der Waals surface area contributed by atoms with Gasteiger partial charge in [-0.05, 0) is 56.2 Å². The van der Waals surface area contributed by atoms with Crippen LogP contribution in [0.4, 0.5) is 5.69 Å². The van der Waals surface area contributed by atoms with E-state index in [1.165, 1.54) is 19.3 Å². The molecule has 0 aromatic heterocycles. The molecule has 3 rings (SSSR count). The lowest BCUT2D eigenvalue weighted by atomic mass is 9.95. The van der Waals surface area contributed by atoms with Crippen molar-refractivity contribution in [3.05, 3.63) is 59.1 Å². The molecule has 5 nitrogen and oxygen atoms in total. The second kappa shape index (κ2) is 9.60. The van der Waals surface area contributed by atoms with Crippen molar-refractivity contribution in [2.45, 2.75) is 51.2 Å².